The van der Waals surface area contributed by atoms with Crippen LogP contribution in [0.1, 0.15) is 21.5 Å². The average molecular weight is 375 g/mol. The summed E-state index contributed by atoms with van der Waals surface area (Å²) in [4.78, 5) is 24.1. The van der Waals surface area contributed by atoms with Gasteiger partial charge < -0.3 is 14.8 Å². The number of carbonyl (C=O) groups is 2. The van der Waals surface area contributed by atoms with E-state index >= 15 is 0 Å². The molecule has 0 heterocycles. The van der Waals surface area contributed by atoms with Crippen molar-refractivity contribution in [3.8, 4) is 5.75 Å². The van der Waals surface area contributed by atoms with Crippen LogP contribution >= 0.6 is 0 Å². The van der Waals surface area contributed by atoms with Crippen LogP contribution in [0.4, 0.5) is 5.69 Å². The number of esters is 1. The molecule has 0 saturated carbocycles. The van der Waals surface area contributed by atoms with Gasteiger partial charge in [-0.3, -0.25) is 4.79 Å². The van der Waals surface area contributed by atoms with Crippen molar-refractivity contribution >= 4 is 17.6 Å². The van der Waals surface area contributed by atoms with Gasteiger partial charge in [0.2, 0.25) is 0 Å². The summed E-state index contributed by atoms with van der Waals surface area (Å²) in [6.07, 6.45) is 0. The lowest BCUT2D eigenvalue weighted by molar-refractivity contribution is -0.119. The van der Waals surface area contributed by atoms with Gasteiger partial charge in [-0.2, -0.15) is 0 Å². The first-order chi connectivity index (χ1) is 13.6. The van der Waals surface area contributed by atoms with Crippen LogP contribution < -0.4 is 10.1 Å². The van der Waals surface area contributed by atoms with Gasteiger partial charge in [0, 0.05) is 5.69 Å². The zero-order chi connectivity index (χ0) is 19.8. The molecule has 3 aromatic carbocycles. The van der Waals surface area contributed by atoms with Crippen molar-refractivity contribution in [3.05, 3.63) is 95.6 Å². The van der Waals surface area contributed by atoms with Gasteiger partial charge in [-0.1, -0.05) is 48.5 Å². The Labute approximate surface area is 163 Å². The molecule has 5 nitrogen and oxygen atoms in total. The van der Waals surface area contributed by atoms with Crippen LogP contribution in [0.2, 0.25) is 0 Å². The van der Waals surface area contributed by atoms with Gasteiger partial charge in [0.05, 0.1) is 5.56 Å². The lowest BCUT2D eigenvalue weighted by Crippen LogP contribution is -2.21. The third-order valence-corrected chi connectivity index (χ3v) is 4.09. The molecule has 3 rings (SSSR count). The SMILES string of the molecule is Cc1ccccc1NC(=O)COC(=O)c1ccc(COc2ccccc2)cc1. The quantitative estimate of drug-likeness (QED) is 0.623. The van der Waals surface area contributed by atoms with Crippen molar-refractivity contribution in [1.29, 1.82) is 0 Å². The van der Waals surface area contributed by atoms with Crippen LogP contribution in [0.15, 0.2) is 78.9 Å². The van der Waals surface area contributed by atoms with Crippen LogP contribution in [0, 0.1) is 6.92 Å². The van der Waals surface area contributed by atoms with Crippen molar-refractivity contribution < 1.29 is 19.1 Å². The molecule has 0 atom stereocenters. The minimum Gasteiger partial charge on any atom is -0.489 e. The predicted octanol–water partition coefficient (Wildman–Crippen LogP) is 4.37. The summed E-state index contributed by atoms with van der Waals surface area (Å²) in [7, 11) is 0. The van der Waals surface area contributed by atoms with E-state index in [1.165, 1.54) is 0 Å². The average Bonchev–Trinajstić information content (AvgIpc) is 2.73. The Bertz CT molecular complexity index is 936. The number of rotatable bonds is 7. The fourth-order valence-electron chi connectivity index (χ4n) is 2.53. The van der Waals surface area contributed by atoms with E-state index in [-0.39, 0.29) is 12.5 Å². The molecule has 1 N–H and O–H groups in total. The molecule has 5 heteroatoms. The first-order valence-corrected chi connectivity index (χ1v) is 8.91. The fourth-order valence-corrected chi connectivity index (χ4v) is 2.53. The molecule has 1 amide bonds. The topological polar surface area (TPSA) is 64.6 Å². The summed E-state index contributed by atoms with van der Waals surface area (Å²) >= 11 is 0. The normalized spacial score (nSPS) is 10.2. The smallest absolute Gasteiger partial charge is 0.338 e. The summed E-state index contributed by atoms with van der Waals surface area (Å²) in [5.41, 5.74) is 2.95. The summed E-state index contributed by atoms with van der Waals surface area (Å²) in [5.74, 6) is -0.142. The monoisotopic (exact) mass is 375 g/mol. The molecule has 0 bridgehead atoms. The summed E-state index contributed by atoms with van der Waals surface area (Å²) in [6, 6.07) is 23.8. The largest absolute Gasteiger partial charge is 0.489 e. The molecule has 0 fully saturated rings. The highest BCUT2D eigenvalue weighted by Crippen LogP contribution is 2.14. The molecule has 0 aliphatic carbocycles. The maximum Gasteiger partial charge on any atom is 0.338 e. The standard InChI is InChI=1S/C23H21NO4/c1-17-7-5-6-10-21(17)24-22(25)16-28-23(26)19-13-11-18(12-14-19)15-27-20-8-3-2-4-9-20/h2-14H,15-16H2,1H3,(H,24,25). The van der Waals surface area contributed by atoms with E-state index in [4.69, 9.17) is 9.47 Å². The molecule has 0 aromatic heterocycles. The number of para-hydroxylation sites is 2. The van der Waals surface area contributed by atoms with Gasteiger partial charge in [0.25, 0.3) is 5.91 Å². The number of ether oxygens (including phenoxy) is 2. The zero-order valence-corrected chi connectivity index (χ0v) is 15.6. The molecule has 142 valence electrons. The first-order valence-electron chi connectivity index (χ1n) is 8.91. The number of anilines is 1. The molecule has 0 unspecified atom stereocenters. The minimum absolute atomic E-state index is 0.341. The number of hydrogen-bond donors (Lipinski definition) is 1. The van der Waals surface area contributed by atoms with Crippen LogP contribution in [0.5, 0.6) is 5.75 Å². The van der Waals surface area contributed by atoms with Gasteiger partial charge in [-0.15, -0.1) is 0 Å². The molecule has 0 spiro atoms. The number of nitrogens with one attached hydrogen (secondary N) is 1. The molecule has 0 radical (unpaired) electrons. The number of aryl methyl sites for hydroxylation is 1. The maximum atomic E-state index is 12.1. The summed E-state index contributed by atoms with van der Waals surface area (Å²) in [6.45, 7) is 1.95. The number of hydrogen-bond acceptors (Lipinski definition) is 4. The third-order valence-electron chi connectivity index (χ3n) is 4.09. The van der Waals surface area contributed by atoms with E-state index in [2.05, 4.69) is 5.32 Å². The Hall–Kier alpha value is -3.60. The van der Waals surface area contributed by atoms with E-state index in [1.807, 2.05) is 55.5 Å². The van der Waals surface area contributed by atoms with Gasteiger partial charge in [-0.25, -0.2) is 4.79 Å². The maximum absolute atomic E-state index is 12.1. The van der Waals surface area contributed by atoms with E-state index in [9.17, 15) is 9.59 Å². The molecule has 0 saturated heterocycles. The summed E-state index contributed by atoms with van der Waals surface area (Å²) < 4.78 is 10.8. The van der Waals surface area contributed by atoms with Crippen molar-refractivity contribution in [2.45, 2.75) is 13.5 Å². The van der Waals surface area contributed by atoms with E-state index in [0.29, 0.717) is 17.9 Å². The van der Waals surface area contributed by atoms with Crippen molar-refractivity contribution in [3.63, 3.8) is 0 Å². The van der Waals surface area contributed by atoms with Gasteiger partial charge >= 0.3 is 5.97 Å². The lowest BCUT2D eigenvalue weighted by Gasteiger charge is -2.09. The number of benzene rings is 3. The molecular weight excluding hydrogens is 354 g/mol. The van der Waals surface area contributed by atoms with Crippen LogP contribution in [0.3, 0.4) is 0 Å². The van der Waals surface area contributed by atoms with Gasteiger partial charge in [0.1, 0.15) is 12.4 Å². The lowest BCUT2D eigenvalue weighted by atomic mass is 10.1. The highest BCUT2D eigenvalue weighted by Gasteiger charge is 2.11. The second kappa shape index (κ2) is 9.37. The first kappa shape index (κ1) is 19.2. The fraction of sp³-hybridized carbons (Fsp3) is 0.130. The molecule has 3 aromatic rings. The Kier molecular flexibility index (Phi) is 6.41. The molecular formula is C23H21NO4. The highest BCUT2D eigenvalue weighted by molar-refractivity contribution is 5.95. The van der Waals surface area contributed by atoms with E-state index in [1.54, 1.807) is 30.3 Å². The van der Waals surface area contributed by atoms with E-state index in [0.717, 1.165) is 16.9 Å². The molecule has 0 aliphatic heterocycles. The Morgan fingerprint density at radius 3 is 2.25 bits per heavy atom. The Morgan fingerprint density at radius 1 is 0.857 bits per heavy atom. The summed E-state index contributed by atoms with van der Waals surface area (Å²) in [5, 5.41) is 2.73. The Morgan fingerprint density at radius 2 is 1.54 bits per heavy atom. The molecule has 0 aliphatic rings. The van der Waals surface area contributed by atoms with Gasteiger partial charge in [0.15, 0.2) is 6.61 Å². The van der Waals surface area contributed by atoms with Crippen LogP contribution in [0.25, 0.3) is 0 Å². The molecule has 28 heavy (non-hydrogen) atoms. The second-order valence-corrected chi connectivity index (χ2v) is 6.24. The minimum atomic E-state index is -0.546. The van der Waals surface area contributed by atoms with Gasteiger partial charge in [-0.05, 0) is 48.4 Å². The third kappa shape index (κ3) is 5.45. The predicted molar refractivity (Wildman–Crippen MR) is 107 cm³/mol. The van der Waals surface area contributed by atoms with Crippen molar-refractivity contribution in [2.75, 3.05) is 11.9 Å². The highest BCUT2D eigenvalue weighted by atomic mass is 16.5. The van der Waals surface area contributed by atoms with Crippen molar-refractivity contribution in [1.82, 2.24) is 0 Å². The Balaban J connectivity index is 1.47. The van der Waals surface area contributed by atoms with Crippen molar-refractivity contribution in [2.24, 2.45) is 0 Å². The number of amides is 1. The second-order valence-electron chi connectivity index (χ2n) is 6.24. The van der Waals surface area contributed by atoms with E-state index < -0.39 is 5.97 Å². The zero-order valence-electron chi connectivity index (χ0n) is 15.6. The van der Waals surface area contributed by atoms with Crippen LogP contribution in [-0.2, 0) is 16.1 Å². The number of carbonyl (C=O) groups excluding carboxylic acids is 2. The van der Waals surface area contributed by atoms with Crippen LogP contribution in [-0.4, -0.2) is 18.5 Å².